The fourth-order valence-corrected chi connectivity index (χ4v) is 4.40. The van der Waals surface area contributed by atoms with Crippen LogP contribution in [0.15, 0.2) is 48.5 Å². The lowest BCUT2D eigenvalue weighted by Gasteiger charge is -2.17. The summed E-state index contributed by atoms with van der Waals surface area (Å²) in [6, 6.07) is 16.0. The van der Waals surface area contributed by atoms with Gasteiger partial charge in [-0.25, -0.2) is 0 Å². The van der Waals surface area contributed by atoms with Gasteiger partial charge in [0.05, 0.1) is 0 Å². The van der Waals surface area contributed by atoms with Gasteiger partial charge in [0.15, 0.2) is 0 Å². The van der Waals surface area contributed by atoms with Crippen LogP contribution in [-0.4, -0.2) is 85.7 Å². The molecule has 10 nitrogen and oxygen atoms in total. The highest BCUT2D eigenvalue weighted by molar-refractivity contribution is 5.77. The molecule has 0 bridgehead atoms. The van der Waals surface area contributed by atoms with Gasteiger partial charge in [-0.15, -0.1) is 0 Å². The number of ether oxygens (including phenoxy) is 2. The molecule has 44 heavy (non-hydrogen) atoms. The second-order valence-electron chi connectivity index (χ2n) is 11.7. The van der Waals surface area contributed by atoms with Crippen LogP contribution < -0.4 is 30.7 Å². The number of carbonyl (C=O) groups excluding carboxylic acids is 2. The van der Waals surface area contributed by atoms with Crippen molar-refractivity contribution in [1.82, 2.24) is 21.3 Å². The lowest BCUT2D eigenvalue weighted by atomic mass is 10.1. The quantitative estimate of drug-likeness (QED) is 0.105. The normalized spacial score (nSPS) is 12.6. The summed E-state index contributed by atoms with van der Waals surface area (Å²) in [7, 11) is 0. The maximum atomic E-state index is 12.3. The molecule has 0 aliphatic carbocycles. The summed E-state index contributed by atoms with van der Waals surface area (Å²) in [4.78, 5) is 24.6. The summed E-state index contributed by atoms with van der Waals surface area (Å²) in [5.74, 6) is 1.33. The van der Waals surface area contributed by atoms with Crippen molar-refractivity contribution in [1.29, 1.82) is 0 Å². The Hall–Kier alpha value is -3.18. The summed E-state index contributed by atoms with van der Waals surface area (Å²) in [5, 5.41) is 32.3. The number of amides is 2. The van der Waals surface area contributed by atoms with Gasteiger partial charge >= 0.3 is 0 Å². The smallest absolute Gasteiger partial charge is 0.220 e. The molecule has 0 unspecified atom stereocenters. The molecule has 6 N–H and O–H groups in total. The standard InChI is InChI=1S/C34H54N4O6/c1-25(2)37-21-29(39)23-43-31-15-7-5-11-27(31)13-9-17-33(41)35-19-20-36-34(42)18-10-14-28-12-6-8-16-32(28)44-24-30(40)22-38-26(3)4/h5-8,11-12,15-16,25-26,29-30,37-40H,9-10,13-14,17-24H2,1-4H3,(H,35,41)(H,36,42)/t29-,30-/m1/s1. The van der Waals surface area contributed by atoms with Crippen LogP contribution in [0, 0.1) is 0 Å². The van der Waals surface area contributed by atoms with E-state index >= 15 is 0 Å². The first-order valence-electron chi connectivity index (χ1n) is 15.9. The first-order valence-corrected chi connectivity index (χ1v) is 15.9. The zero-order valence-electron chi connectivity index (χ0n) is 26.9. The number of benzene rings is 2. The minimum atomic E-state index is -0.601. The van der Waals surface area contributed by atoms with Crippen molar-refractivity contribution in [2.45, 2.75) is 90.5 Å². The summed E-state index contributed by atoms with van der Waals surface area (Å²) >= 11 is 0. The molecular formula is C34H54N4O6. The average Bonchev–Trinajstić information content (AvgIpc) is 3.00. The molecule has 2 atom stereocenters. The third-order valence-electron chi connectivity index (χ3n) is 6.80. The lowest BCUT2D eigenvalue weighted by molar-refractivity contribution is -0.123. The topological polar surface area (TPSA) is 141 Å². The Bertz CT molecular complexity index is 1010. The fourth-order valence-electron chi connectivity index (χ4n) is 4.40. The van der Waals surface area contributed by atoms with Gasteiger partial charge in [-0.3, -0.25) is 9.59 Å². The van der Waals surface area contributed by atoms with Gasteiger partial charge in [0.2, 0.25) is 11.8 Å². The Morgan fingerprint density at radius 2 is 1.05 bits per heavy atom. The third-order valence-corrected chi connectivity index (χ3v) is 6.80. The van der Waals surface area contributed by atoms with E-state index in [0.29, 0.717) is 76.8 Å². The Morgan fingerprint density at radius 3 is 1.43 bits per heavy atom. The zero-order valence-corrected chi connectivity index (χ0v) is 26.9. The van der Waals surface area contributed by atoms with Gasteiger partial charge in [0.1, 0.15) is 36.9 Å². The van der Waals surface area contributed by atoms with Crippen molar-refractivity contribution in [2.24, 2.45) is 0 Å². The van der Waals surface area contributed by atoms with Gasteiger partial charge in [-0.1, -0.05) is 64.1 Å². The number of hydrogen-bond acceptors (Lipinski definition) is 8. The summed E-state index contributed by atoms with van der Waals surface area (Å²) in [6.45, 7) is 10.2. The maximum Gasteiger partial charge on any atom is 0.220 e. The average molecular weight is 615 g/mol. The second kappa shape index (κ2) is 21.5. The molecule has 0 spiro atoms. The van der Waals surface area contributed by atoms with Crippen LogP contribution in [0.1, 0.15) is 64.5 Å². The van der Waals surface area contributed by atoms with Crippen LogP contribution in [-0.2, 0) is 22.4 Å². The molecule has 2 aromatic carbocycles. The highest BCUT2D eigenvalue weighted by Crippen LogP contribution is 2.21. The van der Waals surface area contributed by atoms with E-state index < -0.39 is 12.2 Å². The largest absolute Gasteiger partial charge is 0.491 e. The van der Waals surface area contributed by atoms with Crippen molar-refractivity contribution in [2.75, 3.05) is 39.4 Å². The van der Waals surface area contributed by atoms with Crippen molar-refractivity contribution in [3.8, 4) is 11.5 Å². The molecule has 0 aliphatic heterocycles. The fraction of sp³-hybridized carbons (Fsp3) is 0.588. The number of carbonyl (C=O) groups is 2. The summed E-state index contributed by atoms with van der Waals surface area (Å²) in [6.07, 6.45) is 2.23. The van der Waals surface area contributed by atoms with Gasteiger partial charge in [-0.2, -0.15) is 0 Å². The van der Waals surface area contributed by atoms with Crippen LogP contribution in [0.4, 0.5) is 0 Å². The van der Waals surface area contributed by atoms with Crippen LogP contribution in [0.25, 0.3) is 0 Å². The zero-order chi connectivity index (χ0) is 32.2. The van der Waals surface area contributed by atoms with Crippen molar-refractivity contribution < 1.29 is 29.3 Å². The SMILES string of the molecule is CC(C)NC[C@@H](O)COc1ccccc1CCCC(=O)NCCNC(=O)CCCc1ccccc1OC[C@H](O)CNC(C)C. The van der Waals surface area contributed by atoms with Crippen molar-refractivity contribution in [3.63, 3.8) is 0 Å². The van der Waals surface area contributed by atoms with Gasteiger partial charge in [-0.05, 0) is 48.9 Å². The number of aliphatic hydroxyl groups excluding tert-OH is 2. The second-order valence-corrected chi connectivity index (χ2v) is 11.7. The highest BCUT2D eigenvalue weighted by Gasteiger charge is 2.11. The molecule has 0 saturated heterocycles. The van der Waals surface area contributed by atoms with Crippen LogP contribution in [0.3, 0.4) is 0 Å². The molecule has 2 aromatic rings. The number of para-hydroxylation sites is 2. The van der Waals surface area contributed by atoms with Gasteiger partial charge < -0.3 is 41.0 Å². The summed E-state index contributed by atoms with van der Waals surface area (Å²) < 4.78 is 11.7. The predicted molar refractivity (Wildman–Crippen MR) is 174 cm³/mol. The van der Waals surface area contributed by atoms with E-state index in [0.717, 1.165) is 22.6 Å². The van der Waals surface area contributed by atoms with Crippen LogP contribution in [0.5, 0.6) is 11.5 Å². The molecule has 246 valence electrons. The molecule has 0 aromatic heterocycles. The molecular weight excluding hydrogens is 560 g/mol. The monoisotopic (exact) mass is 614 g/mol. The number of aryl methyl sites for hydroxylation is 2. The maximum absolute atomic E-state index is 12.3. The minimum absolute atomic E-state index is 0.0606. The van der Waals surface area contributed by atoms with E-state index in [2.05, 4.69) is 21.3 Å². The predicted octanol–water partition coefficient (Wildman–Crippen LogP) is 2.74. The molecule has 2 rings (SSSR count). The first kappa shape index (κ1) is 37.0. The van der Waals surface area contributed by atoms with E-state index in [1.165, 1.54) is 0 Å². The van der Waals surface area contributed by atoms with Crippen LogP contribution >= 0.6 is 0 Å². The molecule has 0 aliphatic rings. The van der Waals surface area contributed by atoms with E-state index in [9.17, 15) is 19.8 Å². The minimum Gasteiger partial charge on any atom is -0.491 e. The molecule has 10 heteroatoms. The Kier molecular flexibility index (Phi) is 18.1. The highest BCUT2D eigenvalue weighted by atomic mass is 16.5. The third kappa shape index (κ3) is 16.6. The lowest BCUT2D eigenvalue weighted by Crippen LogP contribution is -2.35. The van der Waals surface area contributed by atoms with E-state index in [1.54, 1.807) is 0 Å². The van der Waals surface area contributed by atoms with Crippen LogP contribution in [0.2, 0.25) is 0 Å². The van der Waals surface area contributed by atoms with Gasteiger partial charge in [0.25, 0.3) is 0 Å². The van der Waals surface area contributed by atoms with E-state index in [4.69, 9.17) is 9.47 Å². The number of hydrogen-bond donors (Lipinski definition) is 6. The number of nitrogens with one attached hydrogen (secondary N) is 4. The summed E-state index contributed by atoms with van der Waals surface area (Å²) in [5.41, 5.74) is 2.00. The van der Waals surface area contributed by atoms with E-state index in [1.807, 2.05) is 76.2 Å². The Morgan fingerprint density at radius 1 is 0.659 bits per heavy atom. The molecule has 0 heterocycles. The van der Waals surface area contributed by atoms with Gasteiger partial charge in [0, 0.05) is 51.1 Å². The molecule has 2 amide bonds. The number of aliphatic hydroxyl groups is 2. The molecule has 0 fully saturated rings. The first-order chi connectivity index (χ1) is 21.1. The molecule has 0 radical (unpaired) electrons. The Labute approximate surface area is 263 Å². The van der Waals surface area contributed by atoms with Crippen molar-refractivity contribution in [3.05, 3.63) is 59.7 Å². The van der Waals surface area contributed by atoms with Crippen molar-refractivity contribution >= 4 is 11.8 Å². The Balaban J connectivity index is 1.59. The van der Waals surface area contributed by atoms with E-state index in [-0.39, 0.29) is 25.0 Å². The molecule has 0 saturated carbocycles. The number of rotatable bonds is 23.